The highest BCUT2D eigenvalue weighted by Gasteiger charge is 2.13. The van der Waals surface area contributed by atoms with Gasteiger partial charge in [0.1, 0.15) is 0 Å². The smallest absolute Gasteiger partial charge is 0.337 e. The first-order chi connectivity index (χ1) is 9.45. The number of anilines is 2. The molecule has 0 aliphatic rings. The minimum absolute atomic E-state index is 0.0439. The first kappa shape index (κ1) is 14.7. The first-order valence-corrected chi connectivity index (χ1v) is 7.38. The maximum atomic E-state index is 11.8. The molecule has 1 aromatic heterocycles. The second-order valence-corrected chi connectivity index (χ2v) is 6.33. The number of aryl methyl sites for hydroxylation is 1. The van der Waals surface area contributed by atoms with Crippen LogP contribution in [0.2, 0.25) is 0 Å². The molecule has 0 bridgehead atoms. The summed E-state index contributed by atoms with van der Waals surface area (Å²) in [7, 11) is 0. The molecule has 0 aliphatic carbocycles. The van der Waals surface area contributed by atoms with E-state index in [2.05, 4.69) is 15.6 Å². The van der Waals surface area contributed by atoms with Crippen LogP contribution < -0.4 is 10.6 Å². The van der Waals surface area contributed by atoms with Gasteiger partial charge in [-0.2, -0.15) is 0 Å². The lowest BCUT2D eigenvalue weighted by molar-refractivity contribution is 0.0698. The van der Waals surface area contributed by atoms with Crippen LogP contribution >= 0.6 is 33.9 Å². The number of aromatic carboxylic acids is 1. The van der Waals surface area contributed by atoms with Crippen LogP contribution in [-0.4, -0.2) is 22.1 Å². The van der Waals surface area contributed by atoms with Crippen LogP contribution in [0.3, 0.4) is 0 Å². The largest absolute Gasteiger partial charge is 0.478 e. The van der Waals surface area contributed by atoms with Crippen molar-refractivity contribution in [2.45, 2.75) is 6.92 Å². The fraction of sp³-hybridized carbons (Fsp3) is 0.0833. The monoisotopic (exact) mass is 403 g/mol. The van der Waals surface area contributed by atoms with Crippen molar-refractivity contribution >= 4 is 56.7 Å². The Labute approximate surface area is 132 Å². The van der Waals surface area contributed by atoms with Crippen molar-refractivity contribution in [2.24, 2.45) is 0 Å². The van der Waals surface area contributed by atoms with Gasteiger partial charge in [-0.05, 0) is 47.7 Å². The van der Waals surface area contributed by atoms with Gasteiger partial charge in [0.2, 0.25) is 0 Å². The quantitative estimate of drug-likeness (QED) is 0.686. The second-order valence-electron chi connectivity index (χ2n) is 3.85. The number of carboxylic acids is 1. The van der Waals surface area contributed by atoms with E-state index in [4.69, 9.17) is 5.11 Å². The third-order valence-corrected chi connectivity index (χ3v) is 3.80. The van der Waals surface area contributed by atoms with Crippen LogP contribution in [0.15, 0.2) is 24.4 Å². The Kier molecular flexibility index (Phi) is 4.55. The fourth-order valence-corrected chi connectivity index (χ4v) is 2.62. The van der Waals surface area contributed by atoms with Gasteiger partial charge < -0.3 is 10.4 Å². The van der Waals surface area contributed by atoms with Gasteiger partial charge >= 0.3 is 12.0 Å². The summed E-state index contributed by atoms with van der Waals surface area (Å²) < 4.78 is 0.779. The molecular formula is C12H10IN3O3S. The molecule has 6 nitrogen and oxygen atoms in total. The summed E-state index contributed by atoms with van der Waals surface area (Å²) >= 11 is 3.35. The molecule has 104 valence electrons. The lowest BCUT2D eigenvalue weighted by Gasteiger charge is -2.08. The highest BCUT2D eigenvalue weighted by molar-refractivity contribution is 14.1. The Bertz CT molecular complexity index is 672. The molecule has 2 aromatic rings. The van der Waals surface area contributed by atoms with Gasteiger partial charge in [-0.3, -0.25) is 5.32 Å². The van der Waals surface area contributed by atoms with Crippen molar-refractivity contribution < 1.29 is 14.7 Å². The molecule has 0 saturated carbocycles. The summed E-state index contributed by atoms with van der Waals surface area (Å²) in [6, 6.07) is 4.24. The van der Waals surface area contributed by atoms with Crippen LogP contribution in [0, 0.1) is 10.5 Å². The minimum Gasteiger partial charge on any atom is -0.478 e. The number of thiazole rings is 1. The van der Waals surface area contributed by atoms with Crippen molar-refractivity contribution in [3.05, 3.63) is 38.4 Å². The Morgan fingerprint density at radius 2 is 2.10 bits per heavy atom. The van der Waals surface area contributed by atoms with E-state index in [9.17, 15) is 9.59 Å². The number of nitrogens with zero attached hydrogens (tertiary/aromatic N) is 1. The summed E-state index contributed by atoms with van der Waals surface area (Å²) in [5.41, 5.74) is 0.283. The third kappa shape index (κ3) is 3.67. The second kappa shape index (κ2) is 6.18. The SMILES string of the molecule is Cc1cnc(NC(=O)Nc2ccc(I)cc2C(=O)O)s1. The topological polar surface area (TPSA) is 91.3 Å². The van der Waals surface area contributed by atoms with E-state index in [0.29, 0.717) is 5.13 Å². The predicted molar refractivity (Wildman–Crippen MR) is 85.6 cm³/mol. The van der Waals surface area contributed by atoms with E-state index < -0.39 is 12.0 Å². The standard InChI is InChI=1S/C12H10IN3O3S/c1-6-5-14-12(20-6)16-11(19)15-9-3-2-7(13)4-8(9)10(17)18/h2-5H,1H3,(H,17,18)(H2,14,15,16,19). The van der Waals surface area contributed by atoms with Crippen LogP contribution in [0.1, 0.15) is 15.2 Å². The number of benzene rings is 1. The lowest BCUT2D eigenvalue weighted by atomic mass is 10.2. The van der Waals surface area contributed by atoms with Crippen molar-refractivity contribution in [1.29, 1.82) is 0 Å². The van der Waals surface area contributed by atoms with E-state index in [1.165, 1.54) is 17.4 Å². The zero-order valence-corrected chi connectivity index (χ0v) is 13.3. The average molecular weight is 403 g/mol. The van der Waals surface area contributed by atoms with Crippen molar-refractivity contribution in [3.8, 4) is 0 Å². The van der Waals surface area contributed by atoms with Crippen molar-refractivity contribution in [2.75, 3.05) is 10.6 Å². The number of carbonyl (C=O) groups excluding carboxylic acids is 1. The fourth-order valence-electron chi connectivity index (χ4n) is 1.47. The molecular weight excluding hydrogens is 393 g/mol. The van der Waals surface area contributed by atoms with Crippen LogP contribution in [0.25, 0.3) is 0 Å². The van der Waals surface area contributed by atoms with E-state index >= 15 is 0 Å². The van der Waals surface area contributed by atoms with E-state index in [1.54, 1.807) is 18.3 Å². The molecule has 8 heteroatoms. The van der Waals surface area contributed by atoms with E-state index in [0.717, 1.165) is 8.45 Å². The number of carboxylic acid groups (broad SMARTS) is 1. The maximum Gasteiger partial charge on any atom is 0.337 e. The molecule has 1 aromatic carbocycles. The summed E-state index contributed by atoms with van der Waals surface area (Å²) in [6.07, 6.45) is 1.65. The molecule has 0 unspecified atom stereocenters. The van der Waals surface area contributed by atoms with Gasteiger partial charge in [0.05, 0.1) is 11.3 Å². The molecule has 0 spiro atoms. The van der Waals surface area contributed by atoms with Crippen molar-refractivity contribution in [1.82, 2.24) is 4.98 Å². The van der Waals surface area contributed by atoms with Gasteiger partial charge in [-0.25, -0.2) is 14.6 Å². The zero-order chi connectivity index (χ0) is 14.7. The van der Waals surface area contributed by atoms with E-state index in [-0.39, 0.29) is 11.3 Å². The normalized spacial score (nSPS) is 10.1. The highest BCUT2D eigenvalue weighted by atomic mass is 127. The third-order valence-electron chi connectivity index (χ3n) is 2.30. The van der Waals surface area contributed by atoms with Crippen LogP contribution in [0.4, 0.5) is 15.6 Å². The molecule has 2 amide bonds. The molecule has 1 heterocycles. The summed E-state index contributed by atoms with van der Waals surface area (Å²) in [5.74, 6) is -1.09. The number of nitrogens with one attached hydrogen (secondary N) is 2. The first-order valence-electron chi connectivity index (χ1n) is 5.49. The number of carbonyl (C=O) groups is 2. The molecule has 0 saturated heterocycles. The van der Waals surface area contributed by atoms with Gasteiger partial charge in [0.15, 0.2) is 5.13 Å². The summed E-state index contributed by atoms with van der Waals surface area (Å²) in [4.78, 5) is 27.9. The van der Waals surface area contributed by atoms with Crippen LogP contribution in [-0.2, 0) is 0 Å². The molecule has 0 radical (unpaired) electrons. The molecule has 0 atom stereocenters. The number of halogens is 1. The molecule has 0 aliphatic heterocycles. The molecule has 3 N–H and O–H groups in total. The van der Waals surface area contributed by atoms with Gasteiger partial charge in [0.25, 0.3) is 0 Å². The number of hydrogen-bond donors (Lipinski definition) is 3. The predicted octanol–water partition coefficient (Wildman–Crippen LogP) is 3.40. The lowest BCUT2D eigenvalue weighted by Crippen LogP contribution is -2.21. The number of rotatable bonds is 3. The van der Waals surface area contributed by atoms with E-state index in [1.807, 2.05) is 29.5 Å². The number of urea groups is 1. The molecule has 0 fully saturated rings. The van der Waals surface area contributed by atoms with Gasteiger partial charge in [0, 0.05) is 14.6 Å². The highest BCUT2D eigenvalue weighted by Crippen LogP contribution is 2.20. The van der Waals surface area contributed by atoms with Crippen molar-refractivity contribution in [3.63, 3.8) is 0 Å². The van der Waals surface area contributed by atoms with Crippen LogP contribution in [0.5, 0.6) is 0 Å². The number of aromatic nitrogens is 1. The summed E-state index contributed by atoms with van der Waals surface area (Å²) in [6.45, 7) is 1.88. The summed E-state index contributed by atoms with van der Waals surface area (Å²) in [5, 5.41) is 14.6. The van der Waals surface area contributed by atoms with Gasteiger partial charge in [-0.1, -0.05) is 0 Å². The Hall–Kier alpha value is -1.68. The zero-order valence-electron chi connectivity index (χ0n) is 10.3. The number of amides is 2. The Morgan fingerprint density at radius 1 is 1.35 bits per heavy atom. The number of hydrogen-bond acceptors (Lipinski definition) is 4. The van der Waals surface area contributed by atoms with Gasteiger partial charge in [-0.15, -0.1) is 11.3 Å². The average Bonchev–Trinajstić information content (AvgIpc) is 2.76. The Balaban J connectivity index is 2.13. The maximum absolute atomic E-state index is 11.8. The minimum atomic E-state index is -1.09. The molecule has 20 heavy (non-hydrogen) atoms. The molecule has 2 rings (SSSR count). The Morgan fingerprint density at radius 3 is 2.70 bits per heavy atom.